The second kappa shape index (κ2) is 5.34. The highest BCUT2D eigenvalue weighted by Crippen LogP contribution is 2.05. The van der Waals surface area contributed by atoms with E-state index in [1.807, 2.05) is 12.1 Å². The zero-order valence-electron chi connectivity index (χ0n) is 7.52. The van der Waals surface area contributed by atoms with Crippen LogP contribution in [0.2, 0.25) is 0 Å². The van der Waals surface area contributed by atoms with Crippen LogP contribution < -0.4 is 5.73 Å². The van der Waals surface area contributed by atoms with Crippen molar-refractivity contribution in [1.82, 2.24) is 4.98 Å². The number of hydrogen-bond donors (Lipinski definition) is 1. The molecule has 2 N–H and O–H groups in total. The van der Waals surface area contributed by atoms with Gasteiger partial charge in [-0.1, -0.05) is 12.7 Å². The fraction of sp³-hybridized carbons (Fsp3) is 0. The van der Waals surface area contributed by atoms with Crippen molar-refractivity contribution in [2.24, 2.45) is 10.7 Å². The molecule has 0 bridgehead atoms. The predicted octanol–water partition coefficient (Wildman–Crippen LogP) is 2.25. The highest BCUT2D eigenvalue weighted by atomic mass is 79.9. The van der Waals surface area contributed by atoms with Crippen molar-refractivity contribution >= 4 is 21.8 Å². The molecule has 0 spiro atoms. The Bertz CT molecular complexity index is 365. The van der Waals surface area contributed by atoms with Gasteiger partial charge >= 0.3 is 0 Å². The van der Waals surface area contributed by atoms with Crippen LogP contribution in [0.1, 0.15) is 5.56 Å². The fourth-order valence-electron chi connectivity index (χ4n) is 0.786. The third-order valence-corrected chi connectivity index (χ3v) is 1.93. The van der Waals surface area contributed by atoms with Crippen molar-refractivity contribution in [2.45, 2.75) is 0 Å². The third-order valence-electron chi connectivity index (χ3n) is 1.46. The van der Waals surface area contributed by atoms with Gasteiger partial charge in [0.1, 0.15) is 10.4 Å². The van der Waals surface area contributed by atoms with Gasteiger partial charge in [0.25, 0.3) is 0 Å². The topological polar surface area (TPSA) is 51.3 Å². The molecule has 0 amide bonds. The average Bonchev–Trinajstić information content (AvgIpc) is 2.19. The van der Waals surface area contributed by atoms with E-state index in [4.69, 9.17) is 5.73 Å². The molecule has 3 nitrogen and oxygen atoms in total. The maximum atomic E-state index is 5.69. The first-order chi connectivity index (χ1) is 6.74. The molecule has 1 heterocycles. The zero-order chi connectivity index (χ0) is 10.4. The lowest BCUT2D eigenvalue weighted by Crippen LogP contribution is -2.12. The maximum absolute atomic E-state index is 5.69. The molecule has 1 rings (SSSR count). The molecule has 0 radical (unpaired) electrons. The van der Waals surface area contributed by atoms with Crippen molar-refractivity contribution in [3.8, 4) is 0 Å². The van der Waals surface area contributed by atoms with Crippen molar-refractivity contribution < 1.29 is 0 Å². The number of nitrogens with two attached hydrogens (primary N) is 1. The Kier molecular flexibility index (Phi) is 4.07. The van der Waals surface area contributed by atoms with E-state index in [-0.39, 0.29) is 0 Å². The fourth-order valence-corrected chi connectivity index (χ4v) is 1.02. The summed E-state index contributed by atoms with van der Waals surface area (Å²) in [6.45, 7) is 3.53. The standard InChI is InChI=1S/C10H10BrN3/c1-2-3-6-13-10(12)8-4-5-9(11)14-7-8/h2-7H,1H2,(H2,12,13)/b6-3-. The molecular weight excluding hydrogens is 242 g/mol. The maximum Gasteiger partial charge on any atom is 0.132 e. The Morgan fingerprint density at radius 2 is 2.36 bits per heavy atom. The molecule has 0 aliphatic rings. The second-order valence-corrected chi connectivity index (χ2v) is 3.27. The molecule has 0 saturated heterocycles. The number of nitrogens with zero attached hydrogens (tertiary/aromatic N) is 2. The van der Waals surface area contributed by atoms with Crippen LogP contribution in [0.3, 0.4) is 0 Å². The Labute approximate surface area is 91.2 Å². The van der Waals surface area contributed by atoms with Crippen molar-refractivity contribution in [3.63, 3.8) is 0 Å². The molecule has 0 fully saturated rings. The molecule has 0 aliphatic carbocycles. The van der Waals surface area contributed by atoms with Gasteiger partial charge in [-0.3, -0.25) is 0 Å². The molecule has 72 valence electrons. The van der Waals surface area contributed by atoms with Gasteiger partial charge in [0, 0.05) is 18.0 Å². The van der Waals surface area contributed by atoms with Gasteiger partial charge in [-0.25, -0.2) is 9.98 Å². The van der Waals surface area contributed by atoms with Gasteiger partial charge in [0.05, 0.1) is 0 Å². The second-order valence-electron chi connectivity index (χ2n) is 2.46. The summed E-state index contributed by atoms with van der Waals surface area (Å²) in [5.41, 5.74) is 6.49. The summed E-state index contributed by atoms with van der Waals surface area (Å²) in [6, 6.07) is 3.66. The van der Waals surface area contributed by atoms with Crippen LogP contribution in [0.4, 0.5) is 0 Å². The van der Waals surface area contributed by atoms with Gasteiger partial charge < -0.3 is 5.73 Å². The highest BCUT2D eigenvalue weighted by Gasteiger charge is 1.96. The first-order valence-electron chi connectivity index (χ1n) is 3.97. The van der Waals surface area contributed by atoms with Crippen LogP contribution in [-0.2, 0) is 0 Å². The van der Waals surface area contributed by atoms with Crippen LogP contribution in [0, 0.1) is 0 Å². The molecule has 4 heteroatoms. The summed E-state index contributed by atoms with van der Waals surface area (Å²) >= 11 is 3.24. The largest absolute Gasteiger partial charge is 0.383 e. The van der Waals surface area contributed by atoms with Gasteiger partial charge in [0.2, 0.25) is 0 Å². The minimum Gasteiger partial charge on any atom is -0.383 e. The zero-order valence-corrected chi connectivity index (χ0v) is 9.11. The summed E-state index contributed by atoms with van der Waals surface area (Å²) in [5, 5.41) is 0. The Hall–Kier alpha value is -1.42. The van der Waals surface area contributed by atoms with E-state index < -0.39 is 0 Å². The first-order valence-corrected chi connectivity index (χ1v) is 4.76. The number of amidine groups is 1. The number of aliphatic imine (C=N–C) groups is 1. The number of halogens is 1. The van der Waals surface area contributed by atoms with E-state index in [1.165, 1.54) is 0 Å². The van der Waals surface area contributed by atoms with E-state index in [2.05, 4.69) is 32.5 Å². The molecule has 0 aromatic carbocycles. The van der Waals surface area contributed by atoms with Crippen LogP contribution in [0.15, 0.2) is 52.9 Å². The average molecular weight is 252 g/mol. The SMILES string of the molecule is C=C/C=C\N=C(/N)c1ccc(Br)nc1. The summed E-state index contributed by atoms with van der Waals surface area (Å²) in [5.74, 6) is 0.433. The van der Waals surface area contributed by atoms with Gasteiger partial charge in [-0.15, -0.1) is 0 Å². The lowest BCUT2D eigenvalue weighted by atomic mass is 10.3. The number of hydrogen-bond acceptors (Lipinski definition) is 2. The van der Waals surface area contributed by atoms with Gasteiger partial charge in [0.15, 0.2) is 0 Å². The van der Waals surface area contributed by atoms with Crippen LogP contribution in [0.25, 0.3) is 0 Å². The van der Waals surface area contributed by atoms with Crippen molar-refractivity contribution in [1.29, 1.82) is 0 Å². The first kappa shape index (κ1) is 10.7. The number of pyridine rings is 1. The van der Waals surface area contributed by atoms with E-state index in [9.17, 15) is 0 Å². The number of rotatable bonds is 3. The molecule has 0 unspecified atom stereocenters. The minimum atomic E-state index is 0.433. The van der Waals surface area contributed by atoms with Crippen molar-refractivity contribution in [2.75, 3.05) is 0 Å². The molecular formula is C10H10BrN3. The molecule has 0 atom stereocenters. The lowest BCUT2D eigenvalue weighted by Gasteiger charge is -1.97. The highest BCUT2D eigenvalue weighted by molar-refractivity contribution is 9.10. The number of aromatic nitrogens is 1. The van der Waals surface area contributed by atoms with Gasteiger partial charge in [-0.05, 0) is 34.1 Å². The quantitative estimate of drug-likeness (QED) is 0.388. The smallest absolute Gasteiger partial charge is 0.132 e. The van der Waals surface area contributed by atoms with E-state index in [0.29, 0.717) is 5.84 Å². The lowest BCUT2D eigenvalue weighted by molar-refractivity contribution is 1.26. The molecule has 1 aromatic rings. The Morgan fingerprint density at radius 1 is 1.57 bits per heavy atom. The molecule has 0 aliphatic heterocycles. The summed E-state index contributed by atoms with van der Waals surface area (Å²) in [7, 11) is 0. The molecule has 1 aromatic heterocycles. The van der Waals surface area contributed by atoms with E-state index in [1.54, 1.807) is 24.5 Å². The monoisotopic (exact) mass is 251 g/mol. The minimum absolute atomic E-state index is 0.433. The van der Waals surface area contributed by atoms with Crippen molar-refractivity contribution in [3.05, 3.63) is 53.4 Å². The summed E-state index contributed by atoms with van der Waals surface area (Å²) in [6.07, 6.45) is 6.59. The van der Waals surface area contributed by atoms with E-state index >= 15 is 0 Å². The normalized spacial score (nSPS) is 11.9. The predicted molar refractivity (Wildman–Crippen MR) is 62.0 cm³/mol. The van der Waals surface area contributed by atoms with Gasteiger partial charge in [-0.2, -0.15) is 0 Å². The Morgan fingerprint density at radius 3 is 2.93 bits per heavy atom. The Balaban J connectivity index is 2.83. The van der Waals surface area contributed by atoms with Crippen LogP contribution >= 0.6 is 15.9 Å². The number of allylic oxidation sites excluding steroid dienone is 2. The molecule has 0 saturated carbocycles. The summed E-state index contributed by atoms with van der Waals surface area (Å²) < 4.78 is 0.774. The van der Waals surface area contributed by atoms with Crippen LogP contribution in [0.5, 0.6) is 0 Å². The van der Waals surface area contributed by atoms with E-state index in [0.717, 1.165) is 10.2 Å². The molecule has 14 heavy (non-hydrogen) atoms. The summed E-state index contributed by atoms with van der Waals surface area (Å²) in [4.78, 5) is 8.04. The third kappa shape index (κ3) is 3.14. The van der Waals surface area contributed by atoms with Crippen LogP contribution in [-0.4, -0.2) is 10.8 Å².